The zero-order valence-corrected chi connectivity index (χ0v) is 6.84. The Kier molecular flexibility index (Phi) is 11.1. The number of aliphatic hydroxyl groups is 1. The van der Waals surface area contributed by atoms with E-state index in [0.717, 1.165) is 6.54 Å². The van der Waals surface area contributed by atoms with Crippen molar-refractivity contribution in [2.24, 2.45) is 0 Å². The van der Waals surface area contributed by atoms with E-state index in [1.807, 2.05) is 19.0 Å². The smallest absolute Gasteiger partial charge is 0.0698 e. The molecule has 0 aliphatic heterocycles. The Labute approximate surface area is 62.4 Å². The molecule has 0 radical (unpaired) electrons. The fraction of sp³-hybridized carbons (Fsp3) is 1.00. The van der Waals surface area contributed by atoms with Gasteiger partial charge in [-0.1, -0.05) is 0 Å². The van der Waals surface area contributed by atoms with Gasteiger partial charge < -0.3 is 20.9 Å². The largest absolute Gasteiger partial charge is 0.394 e. The van der Waals surface area contributed by atoms with Gasteiger partial charge in [0, 0.05) is 6.54 Å². The van der Waals surface area contributed by atoms with Gasteiger partial charge in [-0.3, -0.25) is 0 Å². The van der Waals surface area contributed by atoms with Crippen molar-refractivity contribution in [2.75, 3.05) is 40.5 Å². The predicted molar refractivity (Wildman–Crippen MR) is 41.5 cm³/mol. The number of likely N-dealkylation sites (N-methyl/N-ethyl adjacent to an activating group) is 1. The van der Waals surface area contributed by atoms with E-state index in [1.165, 1.54) is 0 Å². The number of rotatable bonds is 5. The lowest BCUT2D eigenvalue weighted by molar-refractivity contribution is 0.0821. The van der Waals surface area contributed by atoms with Crippen LogP contribution in [0.2, 0.25) is 0 Å². The molecule has 4 heteroatoms. The maximum absolute atomic E-state index is 8.29. The molecular formula is C6H18N2O2. The summed E-state index contributed by atoms with van der Waals surface area (Å²) in [6.07, 6.45) is 0. The van der Waals surface area contributed by atoms with Crippen LogP contribution in [0.15, 0.2) is 0 Å². The lowest BCUT2D eigenvalue weighted by Crippen LogP contribution is -2.18. The van der Waals surface area contributed by atoms with Gasteiger partial charge in [0.05, 0.1) is 19.8 Å². The third-order valence-corrected chi connectivity index (χ3v) is 0.918. The summed E-state index contributed by atoms with van der Waals surface area (Å²) in [5, 5.41) is 8.29. The van der Waals surface area contributed by atoms with Crippen LogP contribution in [0.3, 0.4) is 0 Å². The van der Waals surface area contributed by atoms with Crippen molar-refractivity contribution in [3.05, 3.63) is 0 Å². The molecular weight excluding hydrogens is 132 g/mol. The average Bonchev–Trinajstić information content (AvgIpc) is 1.80. The second-order valence-corrected chi connectivity index (χ2v) is 2.14. The molecule has 0 rings (SSSR count). The molecule has 0 aromatic carbocycles. The summed E-state index contributed by atoms with van der Waals surface area (Å²) in [5.74, 6) is 0. The quantitative estimate of drug-likeness (QED) is 0.529. The zero-order chi connectivity index (χ0) is 7.11. The first-order valence-electron chi connectivity index (χ1n) is 3.10. The predicted octanol–water partition coefficient (Wildman–Crippen LogP) is -0.281. The lowest BCUT2D eigenvalue weighted by Gasteiger charge is -2.08. The van der Waals surface area contributed by atoms with Crippen LogP contribution in [0, 0.1) is 0 Å². The lowest BCUT2D eigenvalue weighted by atomic mass is 10.6. The Bertz CT molecular complexity index is 59.7. The average molecular weight is 150 g/mol. The molecule has 0 unspecified atom stereocenters. The molecule has 0 heterocycles. The molecule has 0 aliphatic rings. The summed E-state index contributed by atoms with van der Waals surface area (Å²) in [6, 6.07) is 0. The summed E-state index contributed by atoms with van der Waals surface area (Å²) < 4.78 is 5.00. The second kappa shape index (κ2) is 8.84. The molecule has 0 spiro atoms. The molecule has 0 atom stereocenters. The summed E-state index contributed by atoms with van der Waals surface area (Å²) in [4.78, 5) is 2.04. The van der Waals surface area contributed by atoms with Gasteiger partial charge >= 0.3 is 0 Å². The SMILES string of the molecule is CN(C)CCOCCO.N. The van der Waals surface area contributed by atoms with Crippen molar-refractivity contribution >= 4 is 0 Å². The number of ether oxygens (including phenoxy) is 1. The van der Waals surface area contributed by atoms with E-state index in [0.29, 0.717) is 13.2 Å². The van der Waals surface area contributed by atoms with Gasteiger partial charge in [-0.2, -0.15) is 0 Å². The molecule has 0 aliphatic carbocycles. The highest BCUT2D eigenvalue weighted by atomic mass is 16.5. The normalized spacial score (nSPS) is 9.60. The Morgan fingerprint density at radius 2 is 1.90 bits per heavy atom. The van der Waals surface area contributed by atoms with E-state index in [-0.39, 0.29) is 12.8 Å². The van der Waals surface area contributed by atoms with E-state index in [9.17, 15) is 0 Å². The summed E-state index contributed by atoms with van der Waals surface area (Å²) >= 11 is 0. The monoisotopic (exact) mass is 150 g/mol. The Hall–Kier alpha value is -0.160. The molecule has 0 saturated carbocycles. The third kappa shape index (κ3) is 10.8. The van der Waals surface area contributed by atoms with Crippen molar-refractivity contribution in [1.29, 1.82) is 0 Å². The van der Waals surface area contributed by atoms with Crippen molar-refractivity contribution in [2.45, 2.75) is 0 Å². The Morgan fingerprint density at radius 1 is 1.30 bits per heavy atom. The molecule has 0 aromatic heterocycles. The highest BCUT2D eigenvalue weighted by molar-refractivity contribution is 4.38. The van der Waals surface area contributed by atoms with Crippen LogP contribution in [0.5, 0.6) is 0 Å². The van der Waals surface area contributed by atoms with E-state index >= 15 is 0 Å². The fourth-order valence-electron chi connectivity index (χ4n) is 0.414. The fourth-order valence-corrected chi connectivity index (χ4v) is 0.414. The van der Waals surface area contributed by atoms with Gasteiger partial charge in [0.15, 0.2) is 0 Å². The summed E-state index contributed by atoms with van der Waals surface area (Å²) in [7, 11) is 3.98. The summed E-state index contributed by atoms with van der Waals surface area (Å²) in [5.41, 5.74) is 0. The second-order valence-electron chi connectivity index (χ2n) is 2.14. The van der Waals surface area contributed by atoms with E-state index < -0.39 is 0 Å². The molecule has 10 heavy (non-hydrogen) atoms. The van der Waals surface area contributed by atoms with Gasteiger partial charge in [0.25, 0.3) is 0 Å². The van der Waals surface area contributed by atoms with Gasteiger partial charge in [-0.05, 0) is 14.1 Å². The van der Waals surface area contributed by atoms with E-state index in [1.54, 1.807) is 0 Å². The first-order valence-corrected chi connectivity index (χ1v) is 3.10. The van der Waals surface area contributed by atoms with E-state index in [2.05, 4.69) is 0 Å². The maximum atomic E-state index is 8.29. The topological polar surface area (TPSA) is 67.7 Å². The number of hydrogen-bond acceptors (Lipinski definition) is 4. The van der Waals surface area contributed by atoms with Crippen LogP contribution in [-0.2, 0) is 4.74 Å². The minimum Gasteiger partial charge on any atom is -0.394 e. The maximum Gasteiger partial charge on any atom is 0.0698 e. The number of aliphatic hydroxyl groups excluding tert-OH is 1. The molecule has 0 amide bonds. The highest BCUT2D eigenvalue weighted by Gasteiger charge is 1.88. The van der Waals surface area contributed by atoms with Gasteiger partial charge in [0.2, 0.25) is 0 Å². The van der Waals surface area contributed by atoms with Gasteiger partial charge in [-0.25, -0.2) is 0 Å². The van der Waals surface area contributed by atoms with Gasteiger partial charge in [0.1, 0.15) is 0 Å². The van der Waals surface area contributed by atoms with Gasteiger partial charge in [-0.15, -0.1) is 0 Å². The van der Waals surface area contributed by atoms with Crippen molar-refractivity contribution < 1.29 is 9.84 Å². The van der Waals surface area contributed by atoms with Crippen LogP contribution >= 0.6 is 0 Å². The van der Waals surface area contributed by atoms with Crippen LogP contribution in [0.1, 0.15) is 0 Å². The minimum atomic E-state index is 0. The molecule has 0 aromatic rings. The Balaban J connectivity index is 0. The standard InChI is InChI=1S/C6H15NO2.H3N/c1-7(2)3-5-9-6-4-8;/h8H,3-6H2,1-2H3;1H3. The third-order valence-electron chi connectivity index (χ3n) is 0.918. The minimum absolute atomic E-state index is 0. The van der Waals surface area contributed by atoms with Crippen LogP contribution in [-0.4, -0.2) is 50.5 Å². The van der Waals surface area contributed by atoms with Crippen molar-refractivity contribution in [3.63, 3.8) is 0 Å². The number of nitrogens with zero attached hydrogens (tertiary/aromatic N) is 1. The molecule has 0 fully saturated rings. The van der Waals surface area contributed by atoms with Crippen LogP contribution in [0.4, 0.5) is 0 Å². The Morgan fingerprint density at radius 3 is 2.30 bits per heavy atom. The first kappa shape index (κ1) is 12.5. The molecule has 0 saturated heterocycles. The van der Waals surface area contributed by atoms with Crippen LogP contribution < -0.4 is 6.15 Å². The van der Waals surface area contributed by atoms with Crippen molar-refractivity contribution in [3.8, 4) is 0 Å². The van der Waals surface area contributed by atoms with Crippen molar-refractivity contribution in [1.82, 2.24) is 11.1 Å². The molecule has 4 nitrogen and oxygen atoms in total. The highest BCUT2D eigenvalue weighted by Crippen LogP contribution is 1.76. The van der Waals surface area contributed by atoms with E-state index in [4.69, 9.17) is 9.84 Å². The molecule has 4 N–H and O–H groups in total. The molecule has 64 valence electrons. The number of hydrogen-bond donors (Lipinski definition) is 2. The first-order chi connectivity index (χ1) is 4.27. The molecule has 0 bridgehead atoms. The summed E-state index contributed by atoms with van der Waals surface area (Å²) in [6.45, 7) is 2.19. The van der Waals surface area contributed by atoms with Crippen LogP contribution in [0.25, 0.3) is 0 Å². The zero-order valence-electron chi connectivity index (χ0n) is 6.84.